The molecule has 0 radical (unpaired) electrons. The highest BCUT2D eigenvalue weighted by atomic mass is 16.2. The molecular formula is C22H30N6O. The summed E-state index contributed by atoms with van der Waals surface area (Å²) >= 11 is 0. The molecule has 3 rings (SSSR count). The van der Waals surface area contributed by atoms with Crippen molar-refractivity contribution >= 4 is 17.5 Å². The number of carbonyl (C=O) groups excluding carboxylic acids is 1. The van der Waals surface area contributed by atoms with Gasteiger partial charge in [0.05, 0.1) is 11.9 Å². The van der Waals surface area contributed by atoms with Gasteiger partial charge in [0.25, 0.3) is 0 Å². The molecule has 1 atom stereocenters. The Morgan fingerprint density at radius 2 is 2.03 bits per heavy atom. The predicted octanol–water partition coefficient (Wildman–Crippen LogP) is 3.06. The van der Waals surface area contributed by atoms with Gasteiger partial charge in [0.1, 0.15) is 0 Å². The average molecular weight is 395 g/mol. The van der Waals surface area contributed by atoms with Crippen LogP contribution in [0.3, 0.4) is 0 Å². The van der Waals surface area contributed by atoms with E-state index in [-0.39, 0.29) is 11.8 Å². The third kappa shape index (κ3) is 6.09. The molecule has 3 heterocycles. The van der Waals surface area contributed by atoms with Crippen LogP contribution in [0.25, 0.3) is 0 Å². The summed E-state index contributed by atoms with van der Waals surface area (Å²) in [5.74, 6) is 0.930. The minimum absolute atomic E-state index is 0.0850. The van der Waals surface area contributed by atoms with Crippen LogP contribution in [0.2, 0.25) is 0 Å². The van der Waals surface area contributed by atoms with Crippen LogP contribution in [-0.4, -0.2) is 64.4 Å². The molecule has 0 saturated carbocycles. The fourth-order valence-electron chi connectivity index (χ4n) is 3.52. The van der Waals surface area contributed by atoms with Gasteiger partial charge in [0.15, 0.2) is 0 Å². The molecular weight excluding hydrogens is 364 g/mol. The van der Waals surface area contributed by atoms with Gasteiger partial charge in [0, 0.05) is 48.7 Å². The van der Waals surface area contributed by atoms with Gasteiger partial charge in [0.2, 0.25) is 11.9 Å². The van der Waals surface area contributed by atoms with E-state index >= 15 is 0 Å². The van der Waals surface area contributed by atoms with Gasteiger partial charge in [-0.2, -0.15) is 0 Å². The Hall–Kier alpha value is -2.80. The molecule has 1 aliphatic heterocycles. The quantitative estimate of drug-likeness (QED) is 0.759. The summed E-state index contributed by atoms with van der Waals surface area (Å²) in [4.78, 5) is 29.9. The highest BCUT2D eigenvalue weighted by molar-refractivity contribution is 5.87. The lowest BCUT2D eigenvalue weighted by molar-refractivity contribution is -0.127. The van der Waals surface area contributed by atoms with Crippen molar-refractivity contribution in [2.24, 2.45) is 0 Å². The summed E-state index contributed by atoms with van der Waals surface area (Å²) in [6.45, 7) is 6.19. The second kappa shape index (κ2) is 9.60. The molecule has 1 aliphatic rings. The first-order valence-electron chi connectivity index (χ1n) is 10.1. The number of aromatic nitrogens is 3. The van der Waals surface area contributed by atoms with E-state index < -0.39 is 0 Å². The van der Waals surface area contributed by atoms with E-state index in [0.717, 1.165) is 48.7 Å². The zero-order valence-electron chi connectivity index (χ0n) is 17.7. The maximum atomic E-state index is 12.4. The van der Waals surface area contributed by atoms with E-state index in [0.29, 0.717) is 12.5 Å². The van der Waals surface area contributed by atoms with Crippen molar-refractivity contribution in [2.75, 3.05) is 39.0 Å². The Labute approximate surface area is 172 Å². The van der Waals surface area contributed by atoms with Crippen molar-refractivity contribution < 1.29 is 4.79 Å². The van der Waals surface area contributed by atoms with Crippen LogP contribution in [0, 0.1) is 13.8 Å². The van der Waals surface area contributed by atoms with Gasteiger partial charge in [-0.05, 0) is 59.0 Å². The largest absolute Gasteiger partial charge is 0.339 e. The number of pyridine rings is 1. The summed E-state index contributed by atoms with van der Waals surface area (Å²) in [6, 6.07) is 5.98. The van der Waals surface area contributed by atoms with Crippen molar-refractivity contribution in [3.05, 3.63) is 53.6 Å². The summed E-state index contributed by atoms with van der Waals surface area (Å²) in [5.41, 5.74) is 3.73. The predicted molar refractivity (Wildman–Crippen MR) is 115 cm³/mol. The number of anilines is 2. The first kappa shape index (κ1) is 20.9. The topological polar surface area (TPSA) is 74.2 Å². The van der Waals surface area contributed by atoms with Crippen LogP contribution in [-0.2, 0) is 4.79 Å². The van der Waals surface area contributed by atoms with Crippen LogP contribution < -0.4 is 5.32 Å². The number of nitrogens with zero attached hydrogens (tertiary/aromatic N) is 5. The summed E-state index contributed by atoms with van der Waals surface area (Å²) in [6.07, 6.45) is 7.46. The van der Waals surface area contributed by atoms with Crippen molar-refractivity contribution in [3.63, 3.8) is 0 Å². The molecule has 0 spiro atoms. The Morgan fingerprint density at radius 3 is 2.69 bits per heavy atom. The van der Waals surface area contributed by atoms with Crippen LogP contribution in [0.4, 0.5) is 11.6 Å². The number of likely N-dealkylation sites (N-methyl/N-ethyl adjacent to an activating group) is 1. The van der Waals surface area contributed by atoms with Crippen molar-refractivity contribution in [1.82, 2.24) is 24.8 Å². The van der Waals surface area contributed by atoms with Crippen molar-refractivity contribution in [2.45, 2.75) is 32.6 Å². The number of hydrogen-bond donors (Lipinski definition) is 1. The van der Waals surface area contributed by atoms with Crippen LogP contribution in [0.15, 0.2) is 36.5 Å². The highest BCUT2D eigenvalue weighted by Gasteiger charge is 2.24. The fourth-order valence-corrected chi connectivity index (χ4v) is 3.52. The molecule has 0 unspecified atom stereocenters. The highest BCUT2D eigenvalue weighted by Crippen LogP contribution is 2.26. The standard InChI is InChI=1S/C22H30N6O/c1-16-13-17(2)25-22(24-16)26-19-9-10-20(23-14-19)18-7-5-12-28(15-18)21(29)8-6-11-27(3)4/h6,8-10,13-14,18H,5,7,11-12,15H2,1-4H3,(H,24,25,26)/b8-6+/t18-/m1/s1. The number of likely N-dealkylation sites (tertiary alicyclic amines) is 1. The summed E-state index contributed by atoms with van der Waals surface area (Å²) in [5, 5.41) is 3.21. The van der Waals surface area contributed by atoms with Gasteiger partial charge in [-0.15, -0.1) is 0 Å². The minimum Gasteiger partial charge on any atom is -0.339 e. The second-order valence-corrected chi connectivity index (χ2v) is 7.86. The normalized spacial score (nSPS) is 17.1. The van der Waals surface area contributed by atoms with Gasteiger partial charge >= 0.3 is 0 Å². The number of aryl methyl sites for hydroxylation is 2. The van der Waals surface area contributed by atoms with E-state index in [1.54, 1.807) is 6.08 Å². The van der Waals surface area contributed by atoms with E-state index in [2.05, 4.69) is 20.3 Å². The molecule has 0 aliphatic carbocycles. The summed E-state index contributed by atoms with van der Waals surface area (Å²) < 4.78 is 0. The average Bonchev–Trinajstić information content (AvgIpc) is 2.67. The smallest absolute Gasteiger partial charge is 0.246 e. The zero-order valence-corrected chi connectivity index (χ0v) is 17.7. The Bertz CT molecular complexity index is 842. The van der Waals surface area contributed by atoms with Crippen LogP contribution in [0.1, 0.15) is 35.8 Å². The zero-order chi connectivity index (χ0) is 20.8. The molecule has 1 N–H and O–H groups in total. The lowest BCUT2D eigenvalue weighted by Crippen LogP contribution is -2.38. The maximum absolute atomic E-state index is 12.4. The van der Waals surface area contributed by atoms with Crippen molar-refractivity contribution in [3.8, 4) is 0 Å². The Morgan fingerprint density at radius 1 is 1.28 bits per heavy atom. The maximum Gasteiger partial charge on any atom is 0.246 e. The number of piperidine rings is 1. The molecule has 154 valence electrons. The minimum atomic E-state index is 0.0850. The molecule has 2 aromatic rings. The second-order valence-electron chi connectivity index (χ2n) is 7.86. The molecule has 7 nitrogen and oxygen atoms in total. The Balaban J connectivity index is 1.61. The van der Waals surface area contributed by atoms with E-state index in [9.17, 15) is 4.79 Å². The van der Waals surface area contributed by atoms with Gasteiger partial charge in [-0.1, -0.05) is 6.08 Å². The monoisotopic (exact) mass is 394 g/mol. The van der Waals surface area contributed by atoms with Gasteiger partial charge in [-0.25, -0.2) is 9.97 Å². The molecule has 1 fully saturated rings. The lowest BCUT2D eigenvalue weighted by Gasteiger charge is -2.32. The summed E-state index contributed by atoms with van der Waals surface area (Å²) in [7, 11) is 3.98. The number of amides is 1. The number of carbonyl (C=O) groups is 1. The fraction of sp³-hybridized carbons (Fsp3) is 0.455. The first-order valence-corrected chi connectivity index (χ1v) is 10.1. The van der Waals surface area contributed by atoms with E-state index in [1.807, 2.05) is 68.2 Å². The molecule has 1 saturated heterocycles. The van der Waals surface area contributed by atoms with Crippen LogP contribution in [0.5, 0.6) is 0 Å². The molecule has 2 aromatic heterocycles. The van der Waals surface area contributed by atoms with Crippen molar-refractivity contribution in [1.29, 1.82) is 0 Å². The number of nitrogens with one attached hydrogen (secondary N) is 1. The molecule has 1 amide bonds. The Kier molecular flexibility index (Phi) is 6.93. The van der Waals surface area contributed by atoms with E-state index in [4.69, 9.17) is 0 Å². The van der Waals surface area contributed by atoms with E-state index in [1.165, 1.54) is 0 Å². The number of rotatable bonds is 6. The molecule has 0 aromatic carbocycles. The third-order valence-corrected chi connectivity index (χ3v) is 4.91. The lowest BCUT2D eigenvalue weighted by atomic mass is 9.94. The van der Waals surface area contributed by atoms with Crippen LogP contribution >= 0.6 is 0 Å². The molecule has 7 heteroatoms. The van der Waals surface area contributed by atoms with Gasteiger partial charge < -0.3 is 15.1 Å². The first-order chi connectivity index (χ1) is 13.9. The molecule has 0 bridgehead atoms. The van der Waals surface area contributed by atoms with Gasteiger partial charge in [-0.3, -0.25) is 9.78 Å². The third-order valence-electron chi connectivity index (χ3n) is 4.91. The molecule has 29 heavy (non-hydrogen) atoms. The SMILES string of the molecule is Cc1cc(C)nc(Nc2ccc([C@@H]3CCCN(C(=O)/C=C/CN(C)C)C3)nc2)n1. The number of hydrogen-bond acceptors (Lipinski definition) is 6.